The van der Waals surface area contributed by atoms with Crippen LogP contribution in [0, 0.1) is 6.92 Å². The maximum Gasteiger partial charge on any atom is 0.216 e. The number of likely N-dealkylation sites (N-methyl/N-ethyl adjacent to an activating group) is 1. The first-order valence-electron chi connectivity index (χ1n) is 6.30. The Balaban J connectivity index is 2.88. The van der Waals surface area contributed by atoms with E-state index in [0.29, 0.717) is 24.4 Å². The zero-order chi connectivity index (χ0) is 12.8. The maximum absolute atomic E-state index is 5.45. The number of nitrogens with one attached hydrogen (secondary N) is 1. The summed E-state index contributed by atoms with van der Waals surface area (Å²) in [6, 6.07) is 2.33. The lowest BCUT2D eigenvalue weighted by Crippen LogP contribution is -2.31. The summed E-state index contributed by atoms with van der Waals surface area (Å²) in [6.07, 6.45) is 0. The van der Waals surface area contributed by atoms with Gasteiger partial charge in [0.05, 0.1) is 12.3 Å². The molecule has 2 atom stereocenters. The number of nitrogens with zero attached hydrogens (tertiary/aromatic N) is 2. The molecule has 0 spiro atoms. The van der Waals surface area contributed by atoms with Crippen LogP contribution in [0.4, 0.5) is 0 Å². The topological polar surface area (TPSA) is 47.0 Å². The summed E-state index contributed by atoms with van der Waals surface area (Å²) in [4.78, 5) is 8.75. The van der Waals surface area contributed by atoms with E-state index in [1.54, 1.807) is 0 Å². The molecule has 17 heavy (non-hydrogen) atoms. The number of hydrogen-bond acceptors (Lipinski definition) is 4. The van der Waals surface area contributed by atoms with Crippen LogP contribution in [0.25, 0.3) is 0 Å². The first-order valence-corrected chi connectivity index (χ1v) is 6.30. The summed E-state index contributed by atoms with van der Waals surface area (Å²) in [5.41, 5.74) is 1.04. The highest BCUT2D eigenvalue weighted by molar-refractivity contribution is 5.20. The third-order valence-electron chi connectivity index (χ3n) is 2.87. The van der Waals surface area contributed by atoms with Gasteiger partial charge in [0.25, 0.3) is 0 Å². The average molecular weight is 237 g/mol. The Labute approximate surface area is 104 Å². The van der Waals surface area contributed by atoms with Crippen LogP contribution >= 0.6 is 0 Å². The van der Waals surface area contributed by atoms with Crippen LogP contribution in [0.15, 0.2) is 6.07 Å². The van der Waals surface area contributed by atoms with Crippen molar-refractivity contribution < 1.29 is 4.74 Å². The van der Waals surface area contributed by atoms with Gasteiger partial charge in [-0.1, -0.05) is 13.8 Å². The third-order valence-corrected chi connectivity index (χ3v) is 2.87. The minimum atomic E-state index is 0.343. The summed E-state index contributed by atoms with van der Waals surface area (Å²) < 4.78 is 5.45. The number of aryl methyl sites for hydroxylation is 1. The molecule has 1 N–H and O–H groups in total. The predicted molar refractivity (Wildman–Crippen MR) is 69.5 cm³/mol. The van der Waals surface area contributed by atoms with Crippen LogP contribution in [-0.2, 0) is 0 Å². The van der Waals surface area contributed by atoms with Crippen molar-refractivity contribution in [1.82, 2.24) is 15.3 Å². The van der Waals surface area contributed by atoms with E-state index in [1.807, 2.05) is 19.9 Å². The largest absolute Gasteiger partial charge is 0.478 e. The van der Waals surface area contributed by atoms with Gasteiger partial charge >= 0.3 is 0 Å². The summed E-state index contributed by atoms with van der Waals surface area (Å²) in [5.74, 6) is 1.78. The summed E-state index contributed by atoms with van der Waals surface area (Å²) in [7, 11) is 0. The Bertz CT molecular complexity index is 355. The molecular formula is C13H23N3O. The Hall–Kier alpha value is -1.16. The minimum Gasteiger partial charge on any atom is -0.478 e. The lowest BCUT2D eigenvalue weighted by molar-refractivity contribution is 0.323. The van der Waals surface area contributed by atoms with E-state index in [1.165, 1.54) is 0 Å². The molecule has 4 heteroatoms. The van der Waals surface area contributed by atoms with Crippen molar-refractivity contribution in [2.24, 2.45) is 0 Å². The lowest BCUT2D eigenvalue weighted by Gasteiger charge is -2.20. The molecule has 96 valence electrons. The SMILES string of the molecule is CCNC(C)C(C)c1cc(OCC)nc(C)n1. The first kappa shape index (κ1) is 13.9. The van der Waals surface area contributed by atoms with Gasteiger partial charge in [0, 0.05) is 18.0 Å². The lowest BCUT2D eigenvalue weighted by atomic mass is 9.99. The second-order valence-electron chi connectivity index (χ2n) is 4.25. The quantitative estimate of drug-likeness (QED) is 0.824. The molecule has 0 aliphatic heterocycles. The zero-order valence-corrected chi connectivity index (χ0v) is 11.4. The van der Waals surface area contributed by atoms with Crippen molar-refractivity contribution in [3.8, 4) is 5.88 Å². The number of hydrogen-bond donors (Lipinski definition) is 1. The van der Waals surface area contributed by atoms with E-state index in [-0.39, 0.29) is 0 Å². The number of rotatable bonds is 6. The summed E-state index contributed by atoms with van der Waals surface area (Å²) in [5, 5.41) is 3.41. The van der Waals surface area contributed by atoms with Gasteiger partial charge < -0.3 is 10.1 Å². The molecule has 0 aromatic carbocycles. The fourth-order valence-corrected chi connectivity index (χ4v) is 1.77. The van der Waals surface area contributed by atoms with Gasteiger partial charge in [0.1, 0.15) is 5.82 Å². The molecule has 0 saturated carbocycles. The highest BCUT2D eigenvalue weighted by Gasteiger charge is 2.16. The number of aromatic nitrogens is 2. The maximum atomic E-state index is 5.45. The Morgan fingerprint density at radius 2 is 2.00 bits per heavy atom. The Kier molecular flexibility index (Phi) is 5.35. The van der Waals surface area contributed by atoms with E-state index < -0.39 is 0 Å². The molecule has 0 radical (unpaired) electrons. The van der Waals surface area contributed by atoms with Crippen LogP contribution in [0.5, 0.6) is 5.88 Å². The van der Waals surface area contributed by atoms with Gasteiger partial charge in [0.2, 0.25) is 5.88 Å². The molecule has 1 heterocycles. The van der Waals surface area contributed by atoms with Crippen LogP contribution in [-0.4, -0.2) is 29.2 Å². The van der Waals surface area contributed by atoms with Gasteiger partial charge in [-0.05, 0) is 27.3 Å². The van der Waals surface area contributed by atoms with E-state index in [2.05, 4.69) is 36.1 Å². The zero-order valence-electron chi connectivity index (χ0n) is 11.4. The standard InChI is InChI=1S/C13H23N3O/c1-6-14-10(4)9(3)12-8-13(17-7-2)16-11(5)15-12/h8-10,14H,6-7H2,1-5H3. The van der Waals surface area contributed by atoms with Crippen LogP contribution < -0.4 is 10.1 Å². The molecule has 1 rings (SSSR count). The van der Waals surface area contributed by atoms with Gasteiger partial charge in [-0.25, -0.2) is 4.98 Å². The second-order valence-corrected chi connectivity index (χ2v) is 4.25. The van der Waals surface area contributed by atoms with Crippen molar-refractivity contribution in [3.63, 3.8) is 0 Å². The van der Waals surface area contributed by atoms with Gasteiger partial charge in [0.15, 0.2) is 0 Å². The molecule has 0 aliphatic carbocycles. The van der Waals surface area contributed by atoms with E-state index in [0.717, 1.165) is 18.1 Å². The molecule has 4 nitrogen and oxygen atoms in total. The fourth-order valence-electron chi connectivity index (χ4n) is 1.77. The van der Waals surface area contributed by atoms with Crippen molar-refractivity contribution in [3.05, 3.63) is 17.6 Å². The molecule has 0 aliphatic rings. The van der Waals surface area contributed by atoms with E-state index in [9.17, 15) is 0 Å². The molecular weight excluding hydrogens is 214 g/mol. The van der Waals surface area contributed by atoms with Crippen LogP contribution in [0.3, 0.4) is 0 Å². The molecule has 0 fully saturated rings. The second kappa shape index (κ2) is 6.55. The molecule has 1 aromatic rings. The van der Waals surface area contributed by atoms with Crippen LogP contribution in [0.2, 0.25) is 0 Å². The van der Waals surface area contributed by atoms with Crippen molar-refractivity contribution in [1.29, 1.82) is 0 Å². The summed E-state index contributed by atoms with van der Waals surface area (Å²) >= 11 is 0. The van der Waals surface area contributed by atoms with Gasteiger partial charge in [-0.2, -0.15) is 4.98 Å². The van der Waals surface area contributed by atoms with Crippen molar-refractivity contribution in [2.75, 3.05) is 13.2 Å². The Morgan fingerprint density at radius 3 is 2.59 bits per heavy atom. The fraction of sp³-hybridized carbons (Fsp3) is 0.692. The predicted octanol–water partition coefficient (Wildman–Crippen LogP) is 2.29. The van der Waals surface area contributed by atoms with E-state index in [4.69, 9.17) is 4.74 Å². The normalized spacial score (nSPS) is 14.4. The minimum absolute atomic E-state index is 0.343. The van der Waals surface area contributed by atoms with Gasteiger partial charge in [-0.15, -0.1) is 0 Å². The molecule has 0 bridgehead atoms. The molecule has 0 saturated heterocycles. The highest BCUT2D eigenvalue weighted by Crippen LogP contribution is 2.20. The average Bonchev–Trinajstić information content (AvgIpc) is 2.28. The van der Waals surface area contributed by atoms with Crippen LogP contribution in [0.1, 0.15) is 45.1 Å². The van der Waals surface area contributed by atoms with E-state index >= 15 is 0 Å². The molecule has 1 aromatic heterocycles. The summed E-state index contributed by atoms with van der Waals surface area (Å²) in [6.45, 7) is 11.9. The van der Waals surface area contributed by atoms with Crippen molar-refractivity contribution in [2.45, 2.75) is 46.6 Å². The molecule has 2 unspecified atom stereocenters. The monoisotopic (exact) mass is 237 g/mol. The molecule has 0 amide bonds. The smallest absolute Gasteiger partial charge is 0.216 e. The van der Waals surface area contributed by atoms with Crippen molar-refractivity contribution >= 4 is 0 Å². The third kappa shape index (κ3) is 3.97. The number of ether oxygens (including phenoxy) is 1. The highest BCUT2D eigenvalue weighted by atomic mass is 16.5. The first-order chi connectivity index (χ1) is 8.08. The Morgan fingerprint density at radius 1 is 1.29 bits per heavy atom. The van der Waals surface area contributed by atoms with Gasteiger partial charge in [-0.3, -0.25) is 0 Å².